The summed E-state index contributed by atoms with van der Waals surface area (Å²) in [7, 11) is 0. The highest BCUT2D eigenvalue weighted by Gasteiger charge is 2.17. The Hall–Kier alpha value is -3.06. The predicted octanol–water partition coefficient (Wildman–Crippen LogP) is 4.79. The van der Waals surface area contributed by atoms with Crippen molar-refractivity contribution in [1.82, 2.24) is 9.55 Å². The summed E-state index contributed by atoms with van der Waals surface area (Å²) < 4.78 is 29.9. The Labute approximate surface area is 161 Å². The summed E-state index contributed by atoms with van der Waals surface area (Å²) in [5, 5.41) is 9.02. The first kappa shape index (κ1) is 17.4. The fourth-order valence-electron chi connectivity index (χ4n) is 2.96. The Morgan fingerprint density at radius 3 is 2.44 bits per heavy atom. The second-order valence-corrected chi connectivity index (χ2v) is 6.82. The molecule has 4 rings (SSSR count). The van der Waals surface area contributed by atoms with Gasteiger partial charge in [0.25, 0.3) is 0 Å². The lowest BCUT2D eigenvalue weighted by molar-refractivity contribution is 0.628. The van der Waals surface area contributed by atoms with E-state index in [1.54, 1.807) is 12.1 Å². The largest absolute Gasteiger partial charge is 0.398 e. The number of fused-ring (bicyclic) bond motifs is 1. The summed E-state index contributed by atoms with van der Waals surface area (Å²) in [5.74, 6) is -0.636. The smallest absolute Gasteiger partial charge is 0.149 e. The molecular weight excluding hydrogens is 414 g/mol. The molecule has 0 saturated heterocycles. The fraction of sp³-hybridized carbons (Fsp3) is 0. The van der Waals surface area contributed by atoms with Gasteiger partial charge in [-0.2, -0.15) is 0 Å². The van der Waals surface area contributed by atoms with E-state index in [0.29, 0.717) is 38.1 Å². The standard InChI is InChI=1S/C20H13BrF2N4/c21-15-3-1-2-4-18(15)27-19(25)14-10-12(23)6-8-17(14)26-20(27)13-9-11(22)5-7-16(13)24/h1-10,25H,24H2. The maximum atomic E-state index is 13.9. The van der Waals surface area contributed by atoms with E-state index in [9.17, 15) is 8.78 Å². The van der Waals surface area contributed by atoms with Gasteiger partial charge < -0.3 is 5.73 Å². The highest BCUT2D eigenvalue weighted by Crippen LogP contribution is 2.30. The number of hydrogen-bond acceptors (Lipinski definition) is 3. The zero-order valence-corrected chi connectivity index (χ0v) is 15.5. The number of aromatic nitrogens is 2. The minimum absolute atomic E-state index is 0.0186. The van der Waals surface area contributed by atoms with Crippen LogP contribution in [0.25, 0.3) is 28.0 Å². The van der Waals surface area contributed by atoms with Gasteiger partial charge in [0.05, 0.1) is 11.2 Å². The van der Waals surface area contributed by atoms with E-state index < -0.39 is 11.6 Å². The molecule has 0 fully saturated rings. The van der Waals surface area contributed by atoms with Crippen LogP contribution in [0.1, 0.15) is 0 Å². The van der Waals surface area contributed by atoms with E-state index >= 15 is 0 Å². The van der Waals surface area contributed by atoms with Crippen molar-refractivity contribution in [2.45, 2.75) is 0 Å². The van der Waals surface area contributed by atoms with Crippen molar-refractivity contribution in [2.75, 3.05) is 5.73 Å². The molecule has 1 heterocycles. The first-order chi connectivity index (χ1) is 13.0. The Morgan fingerprint density at radius 1 is 0.963 bits per heavy atom. The van der Waals surface area contributed by atoms with Crippen LogP contribution < -0.4 is 11.2 Å². The zero-order chi connectivity index (χ0) is 19.1. The molecule has 134 valence electrons. The number of benzene rings is 3. The fourth-order valence-corrected chi connectivity index (χ4v) is 3.42. The molecule has 4 aromatic rings. The average molecular weight is 427 g/mol. The minimum Gasteiger partial charge on any atom is -0.398 e. The number of hydrogen-bond donors (Lipinski definition) is 2. The van der Waals surface area contributed by atoms with Crippen LogP contribution in [0, 0.1) is 17.0 Å². The average Bonchev–Trinajstić information content (AvgIpc) is 2.65. The number of nitrogens with one attached hydrogen (secondary N) is 1. The van der Waals surface area contributed by atoms with Gasteiger partial charge in [-0.1, -0.05) is 12.1 Å². The van der Waals surface area contributed by atoms with Gasteiger partial charge in [-0.3, -0.25) is 9.98 Å². The molecule has 0 amide bonds. The number of nitrogen functional groups attached to an aromatic ring is 1. The van der Waals surface area contributed by atoms with Crippen LogP contribution in [-0.2, 0) is 0 Å². The molecule has 0 aliphatic rings. The van der Waals surface area contributed by atoms with Crippen LogP contribution in [0.5, 0.6) is 0 Å². The third kappa shape index (κ3) is 3.00. The van der Waals surface area contributed by atoms with Crippen molar-refractivity contribution in [2.24, 2.45) is 0 Å². The van der Waals surface area contributed by atoms with Crippen molar-refractivity contribution in [1.29, 1.82) is 5.41 Å². The topological polar surface area (TPSA) is 67.7 Å². The van der Waals surface area contributed by atoms with Crippen LogP contribution >= 0.6 is 15.9 Å². The van der Waals surface area contributed by atoms with Crippen molar-refractivity contribution in [3.63, 3.8) is 0 Å². The Bertz CT molecular complexity index is 1250. The van der Waals surface area contributed by atoms with E-state index in [0.717, 1.165) is 0 Å². The summed E-state index contributed by atoms with van der Waals surface area (Å²) in [4.78, 5) is 4.58. The molecule has 27 heavy (non-hydrogen) atoms. The summed E-state index contributed by atoms with van der Waals surface area (Å²) in [5.41, 5.74) is 7.80. The highest BCUT2D eigenvalue weighted by molar-refractivity contribution is 9.10. The molecular formula is C20H13BrF2N4. The second kappa shape index (κ2) is 6.59. The second-order valence-electron chi connectivity index (χ2n) is 5.96. The van der Waals surface area contributed by atoms with Crippen LogP contribution in [0.4, 0.5) is 14.5 Å². The minimum atomic E-state index is -0.467. The molecule has 0 unspecified atom stereocenters. The molecule has 0 saturated carbocycles. The van der Waals surface area contributed by atoms with Crippen LogP contribution in [0.2, 0.25) is 0 Å². The van der Waals surface area contributed by atoms with Crippen LogP contribution in [0.15, 0.2) is 65.1 Å². The maximum Gasteiger partial charge on any atom is 0.149 e. The molecule has 0 bridgehead atoms. The van der Waals surface area contributed by atoms with E-state index in [1.807, 2.05) is 12.1 Å². The monoisotopic (exact) mass is 426 g/mol. The van der Waals surface area contributed by atoms with Crippen molar-refractivity contribution in [3.05, 3.63) is 82.3 Å². The third-order valence-corrected chi connectivity index (χ3v) is 4.90. The van der Waals surface area contributed by atoms with Crippen molar-refractivity contribution in [3.8, 4) is 17.1 Å². The summed E-state index contributed by atoms with van der Waals surface area (Å²) in [6.45, 7) is 0. The van der Waals surface area contributed by atoms with Gasteiger partial charge in [0.1, 0.15) is 22.9 Å². The lowest BCUT2D eigenvalue weighted by Crippen LogP contribution is -2.23. The molecule has 0 atom stereocenters. The van der Waals surface area contributed by atoms with Gasteiger partial charge in [0.2, 0.25) is 0 Å². The summed E-state index contributed by atoms with van der Waals surface area (Å²) in [6, 6.07) is 15.3. The number of halogens is 3. The normalized spacial score (nSPS) is 11.1. The first-order valence-electron chi connectivity index (χ1n) is 8.03. The molecule has 0 radical (unpaired) electrons. The first-order valence-corrected chi connectivity index (χ1v) is 8.82. The number of anilines is 1. The summed E-state index contributed by atoms with van der Waals surface area (Å²) >= 11 is 3.47. The maximum absolute atomic E-state index is 13.9. The van der Waals surface area contributed by atoms with Crippen LogP contribution in [-0.4, -0.2) is 9.55 Å². The Balaban J connectivity index is 2.19. The van der Waals surface area contributed by atoms with Gasteiger partial charge in [0.15, 0.2) is 0 Å². The SMILES string of the molecule is N=c1c2cc(F)ccc2nc(-c2cc(F)ccc2N)n1-c1ccccc1Br. The van der Waals surface area contributed by atoms with E-state index in [4.69, 9.17) is 11.1 Å². The van der Waals surface area contributed by atoms with Gasteiger partial charge >= 0.3 is 0 Å². The van der Waals surface area contributed by atoms with Gasteiger partial charge in [0, 0.05) is 21.1 Å². The van der Waals surface area contributed by atoms with Gasteiger partial charge in [-0.15, -0.1) is 0 Å². The lowest BCUT2D eigenvalue weighted by Gasteiger charge is -2.17. The molecule has 0 aliphatic heterocycles. The quantitative estimate of drug-likeness (QED) is 0.452. The van der Waals surface area contributed by atoms with Crippen molar-refractivity contribution < 1.29 is 8.78 Å². The Kier molecular flexibility index (Phi) is 4.24. The molecule has 0 aliphatic carbocycles. The number of rotatable bonds is 2. The zero-order valence-electron chi connectivity index (χ0n) is 13.9. The lowest BCUT2D eigenvalue weighted by atomic mass is 10.1. The highest BCUT2D eigenvalue weighted by atomic mass is 79.9. The Morgan fingerprint density at radius 2 is 1.67 bits per heavy atom. The van der Waals surface area contributed by atoms with Crippen LogP contribution in [0.3, 0.4) is 0 Å². The molecule has 3 aromatic carbocycles. The van der Waals surface area contributed by atoms with Gasteiger partial charge in [-0.05, 0) is 64.5 Å². The van der Waals surface area contributed by atoms with E-state index in [2.05, 4.69) is 20.9 Å². The molecule has 7 heteroatoms. The molecule has 1 aromatic heterocycles. The molecule has 4 nitrogen and oxygen atoms in total. The van der Waals surface area contributed by atoms with Crippen molar-refractivity contribution >= 4 is 32.5 Å². The van der Waals surface area contributed by atoms with Gasteiger partial charge in [-0.25, -0.2) is 13.8 Å². The van der Waals surface area contributed by atoms with E-state index in [-0.39, 0.29) is 5.49 Å². The molecule has 3 N–H and O–H groups in total. The summed E-state index contributed by atoms with van der Waals surface area (Å²) in [6.07, 6.45) is 0. The predicted molar refractivity (Wildman–Crippen MR) is 104 cm³/mol. The van der Waals surface area contributed by atoms with E-state index in [1.165, 1.54) is 41.0 Å². The number of nitrogens with zero attached hydrogens (tertiary/aromatic N) is 2. The third-order valence-electron chi connectivity index (χ3n) is 4.23. The number of para-hydroxylation sites is 1. The molecule has 0 spiro atoms. The number of nitrogens with two attached hydrogens (primary N) is 1.